The monoisotopic (exact) mass is 287 g/mol. The van der Waals surface area contributed by atoms with Crippen molar-refractivity contribution in [3.8, 4) is 5.75 Å². The lowest BCUT2D eigenvalue weighted by Gasteiger charge is -2.10. The highest BCUT2D eigenvalue weighted by Gasteiger charge is 2.06. The molecule has 0 saturated carbocycles. The highest BCUT2D eigenvalue weighted by molar-refractivity contribution is 14.1. The molecule has 1 aromatic rings. The first-order valence-corrected chi connectivity index (χ1v) is 5.06. The maximum Gasteiger partial charge on any atom is 0.119 e. The molecule has 0 aliphatic rings. The van der Waals surface area contributed by atoms with Crippen LogP contribution in [0.25, 0.3) is 0 Å². The van der Waals surface area contributed by atoms with E-state index in [0.717, 1.165) is 11.3 Å². The van der Waals surface area contributed by atoms with E-state index in [4.69, 9.17) is 4.74 Å². The predicted octanol–water partition coefficient (Wildman–Crippen LogP) is 3.40. The molecule has 1 rings (SSSR count). The van der Waals surface area contributed by atoms with E-state index in [1.165, 1.54) is 3.57 Å². The Balaban J connectivity index is 3.10. The van der Waals surface area contributed by atoms with Crippen LogP contribution in [0.1, 0.15) is 11.5 Å². The van der Waals surface area contributed by atoms with Crippen molar-refractivity contribution < 1.29 is 4.74 Å². The van der Waals surface area contributed by atoms with Crippen molar-refractivity contribution in [1.29, 1.82) is 0 Å². The van der Waals surface area contributed by atoms with Crippen LogP contribution in [0.15, 0.2) is 30.9 Å². The van der Waals surface area contributed by atoms with Gasteiger partial charge in [-0.15, -0.1) is 6.58 Å². The molecule has 69 valence electrons. The first kappa shape index (κ1) is 10.6. The lowest BCUT2D eigenvalue weighted by atomic mass is 10.0. The molecule has 1 radical (unpaired) electrons. The van der Waals surface area contributed by atoms with Gasteiger partial charge in [0, 0.05) is 9.49 Å². The first-order valence-electron chi connectivity index (χ1n) is 3.98. The van der Waals surface area contributed by atoms with E-state index in [2.05, 4.69) is 36.1 Å². The van der Waals surface area contributed by atoms with Gasteiger partial charge in [0.05, 0.1) is 7.11 Å². The smallest absolute Gasteiger partial charge is 0.119 e. The van der Waals surface area contributed by atoms with E-state index < -0.39 is 0 Å². The third-order valence-corrected chi connectivity index (χ3v) is 2.87. The van der Waals surface area contributed by atoms with Crippen molar-refractivity contribution in [2.45, 2.75) is 5.92 Å². The van der Waals surface area contributed by atoms with Crippen molar-refractivity contribution in [3.63, 3.8) is 0 Å². The molecule has 1 atom stereocenters. The van der Waals surface area contributed by atoms with Crippen molar-refractivity contribution in [2.75, 3.05) is 7.11 Å². The molecule has 0 aliphatic carbocycles. The van der Waals surface area contributed by atoms with Crippen LogP contribution in [0.2, 0.25) is 0 Å². The second-order valence-electron chi connectivity index (χ2n) is 2.73. The molecule has 0 heterocycles. The maximum atomic E-state index is 5.14. The van der Waals surface area contributed by atoms with Gasteiger partial charge in [0.15, 0.2) is 0 Å². The number of methoxy groups -OCH3 is 1. The fourth-order valence-electron chi connectivity index (χ4n) is 1.06. The SMILES string of the molecule is [CH2]C(C=C)c1cc(OC)ccc1I. The van der Waals surface area contributed by atoms with Gasteiger partial charge in [0.25, 0.3) is 0 Å². The average molecular weight is 287 g/mol. The Kier molecular flexibility index (Phi) is 3.78. The minimum Gasteiger partial charge on any atom is -0.497 e. The number of benzene rings is 1. The van der Waals surface area contributed by atoms with Crippen molar-refractivity contribution in [2.24, 2.45) is 0 Å². The minimum absolute atomic E-state index is 0.127. The zero-order chi connectivity index (χ0) is 9.84. The Hall–Kier alpha value is -0.510. The van der Waals surface area contributed by atoms with Gasteiger partial charge < -0.3 is 4.74 Å². The number of hydrogen-bond acceptors (Lipinski definition) is 1. The third kappa shape index (κ3) is 2.46. The second-order valence-corrected chi connectivity index (χ2v) is 3.89. The number of ether oxygens (including phenoxy) is 1. The van der Waals surface area contributed by atoms with Crippen LogP contribution in [-0.2, 0) is 0 Å². The second kappa shape index (κ2) is 4.65. The molecule has 0 aromatic heterocycles. The molecule has 0 saturated heterocycles. The molecule has 0 bridgehead atoms. The summed E-state index contributed by atoms with van der Waals surface area (Å²) in [6.07, 6.45) is 1.83. The molecule has 0 spiro atoms. The van der Waals surface area contributed by atoms with Crippen LogP contribution < -0.4 is 4.74 Å². The fourth-order valence-corrected chi connectivity index (χ4v) is 1.80. The fraction of sp³-hybridized carbons (Fsp3) is 0.182. The Morgan fingerprint density at radius 3 is 2.77 bits per heavy atom. The summed E-state index contributed by atoms with van der Waals surface area (Å²) in [6.45, 7) is 7.71. The molecular formula is C11H12IO. The van der Waals surface area contributed by atoms with E-state index in [1.54, 1.807) is 7.11 Å². The summed E-state index contributed by atoms with van der Waals surface area (Å²) in [6, 6.07) is 5.97. The topological polar surface area (TPSA) is 9.23 Å². The van der Waals surface area contributed by atoms with Crippen LogP contribution in [0.3, 0.4) is 0 Å². The molecule has 1 aromatic carbocycles. The number of halogens is 1. The number of rotatable bonds is 3. The molecular weight excluding hydrogens is 275 g/mol. The van der Waals surface area contributed by atoms with Gasteiger partial charge in [-0.05, 0) is 53.3 Å². The van der Waals surface area contributed by atoms with Gasteiger partial charge in [-0.1, -0.05) is 6.08 Å². The lowest BCUT2D eigenvalue weighted by molar-refractivity contribution is 0.414. The maximum absolute atomic E-state index is 5.14. The molecule has 0 N–H and O–H groups in total. The zero-order valence-corrected chi connectivity index (χ0v) is 9.74. The van der Waals surface area contributed by atoms with E-state index in [0.29, 0.717) is 0 Å². The van der Waals surface area contributed by atoms with Crippen molar-refractivity contribution in [3.05, 3.63) is 46.9 Å². The molecule has 13 heavy (non-hydrogen) atoms. The Morgan fingerprint density at radius 2 is 2.23 bits per heavy atom. The number of allylic oxidation sites excluding steroid dienone is 1. The molecule has 1 nitrogen and oxygen atoms in total. The summed E-state index contributed by atoms with van der Waals surface area (Å²) < 4.78 is 6.33. The van der Waals surface area contributed by atoms with E-state index >= 15 is 0 Å². The van der Waals surface area contributed by atoms with E-state index in [9.17, 15) is 0 Å². The van der Waals surface area contributed by atoms with Gasteiger partial charge in [0.2, 0.25) is 0 Å². The summed E-state index contributed by atoms with van der Waals surface area (Å²) in [7, 11) is 1.66. The van der Waals surface area contributed by atoms with Gasteiger partial charge >= 0.3 is 0 Å². The summed E-state index contributed by atoms with van der Waals surface area (Å²) in [5.74, 6) is 0.993. The summed E-state index contributed by atoms with van der Waals surface area (Å²) >= 11 is 2.29. The average Bonchev–Trinajstić information content (AvgIpc) is 2.17. The molecule has 2 heteroatoms. The van der Waals surface area contributed by atoms with E-state index in [-0.39, 0.29) is 5.92 Å². The van der Waals surface area contributed by atoms with E-state index in [1.807, 2.05) is 24.3 Å². The van der Waals surface area contributed by atoms with Gasteiger partial charge in [-0.3, -0.25) is 0 Å². The Bertz CT molecular complexity index is 307. The lowest BCUT2D eigenvalue weighted by Crippen LogP contribution is -1.94. The van der Waals surface area contributed by atoms with Crippen LogP contribution >= 0.6 is 22.6 Å². The van der Waals surface area contributed by atoms with Crippen molar-refractivity contribution >= 4 is 22.6 Å². The Labute approximate surface area is 92.9 Å². The summed E-state index contributed by atoms with van der Waals surface area (Å²) in [4.78, 5) is 0. The largest absolute Gasteiger partial charge is 0.497 e. The quantitative estimate of drug-likeness (QED) is 0.611. The first-order chi connectivity index (χ1) is 6.19. The highest BCUT2D eigenvalue weighted by Crippen LogP contribution is 2.26. The van der Waals surface area contributed by atoms with Crippen LogP contribution in [0.5, 0.6) is 5.75 Å². The molecule has 0 amide bonds. The summed E-state index contributed by atoms with van der Waals surface area (Å²) in [5, 5.41) is 0. The van der Waals surface area contributed by atoms with Gasteiger partial charge in [-0.25, -0.2) is 0 Å². The Morgan fingerprint density at radius 1 is 1.54 bits per heavy atom. The van der Waals surface area contributed by atoms with Crippen molar-refractivity contribution in [1.82, 2.24) is 0 Å². The molecule has 1 unspecified atom stereocenters. The molecule has 0 fully saturated rings. The third-order valence-electron chi connectivity index (χ3n) is 1.89. The predicted molar refractivity (Wildman–Crippen MR) is 64.0 cm³/mol. The van der Waals surface area contributed by atoms with Crippen LogP contribution in [0.4, 0.5) is 0 Å². The van der Waals surface area contributed by atoms with Crippen LogP contribution in [-0.4, -0.2) is 7.11 Å². The van der Waals surface area contributed by atoms with Gasteiger partial charge in [0.1, 0.15) is 5.75 Å². The highest BCUT2D eigenvalue weighted by atomic mass is 127. The standard InChI is InChI=1S/C11H12IO/c1-4-8(2)10-7-9(13-3)5-6-11(10)12/h4-8H,1-2H2,3H3. The van der Waals surface area contributed by atoms with Crippen LogP contribution in [0, 0.1) is 10.5 Å². The number of hydrogen-bond donors (Lipinski definition) is 0. The van der Waals surface area contributed by atoms with Gasteiger partial charge in [-0.2, -0.15) is 0 Å². The zero-order valence-electron chi connectivity index (χ0n) is 7.59. The summed E-state index contributed by atoms with van der Waals surface area (Å²) in [5.41, 5.74) is 1.16. The minimum atomic E-state index is 0.127. The molecule has 0 aliphatic heterocycles. The normalized spacial score (nSPS) is 12.2.